The van der Waals surface area contributed by atoms with Crippen LogP contribution in [0.4, 0.5) is 0 Å². The zero-order chi connectivity index (χ0) is 14.8. The second kappa shape index (κ2) is 5.48. The summed E-state index contributed by atoms with van der Waals surface area (Å²) < 4.78 is 5.68. The van der Waals surface area contributed by atoms with E-state index >= 15 is 0 Å². The Morgan fingerprint density at radius 1 is 1.24 bits per heavy atom. The monoisotopic (exact) mass is 283 g/mol. The van der Waals surface area contributed by atoms with Crippen LogP contribution >= 0.6 is 0 Å². The molecular formula is C17H17NO3. The van der Waals surface area contributed by atoms with Crippen molar-refractivity contribution < 1.29 is 14.6 Å². The van der Waals surface area contributed by atoms with Crippen LogP contribution in [0.15, 0.2) is 42.5 Å². The van der Waals surface area contributed by atoms with Gasteiger partial charge < -0.3 is 14.7 Å². The predicted octanol–water partition coefficient (Wildman–Crippen LogP) is 2.74. The largest absolute Gasteiger partial charge is 0.508 e. The van der Waals surface area contributed by atoms with Gasteiger partial charge in [0.15, 0.2) is 0 Å². The van der Waals surface area contributed by atoms with Crippen LogP contribution in [0, 0.1) is 6.92 Å². The molecule has 1 N–H and O–H groups in total. The summed E-state index contributed by atoms with van der Waals surface area (Å²) in [5, 5.41) is 9.46. The Kier molecular flexibility index (Phi) is 3.52. The van der Waals surface area contributed by atoms with Gasteiger partial charge in [-0.25, -0.2) is 0 Å². The molecule has 21 heavy (non-hydrogen) atoms. The minimum Gasteiger partial charge on any atom is -0.508 e. The van der Waals surface area contributed by atoms with E-state index in [0.29, 0.717) is 25.3 Å². The van der Waals surface area contributed by atoms with Crippen molar-refractivity contribution in [3.63, 3.8) is 0 Å². The second-order valence-electron chi connectivity index (χ2n) is 5.18. The molecule has 1 heterocycles. The minimum absolute atomic E-state index is 0.0344. The van der Waals surface area contributed by atoms with Gasteiger partial charge in [-0.1, -0.05) is 18.2 Å². The number of amides is 1. The molecule has 2 aromatic rings. The number of fused-ring (bicyclic) bond motifs is 1. The number of phenolic OH excluding ortho intramolecular Hbond substituents is 1. The summed E-state index contributed by atoms with van der Waals surface area (Å²) in [5.74, 6) is 0.983. The lowest BCUT2D eigenvalue weighted by Gasteiger charge is -2.21. The number of para-hydroxylation sites is 1. The maximum atomic E-state index is 12.7. The zero-order valence-corrected chi connectivity index (χ0v) is 11.9. The molecule has 0 aliphatic carbocycles. The summed E-state index contributed by atoms with van der Waals surface area (Å²) in [7, 11) is 0. The molecule has 0 unspecified atom stereocenters. The zero-order valence-electron chi connectivity index (χ0n) is 11.9. The number of carbonyl (C=O) groups excluding carboxylic acids is 1. The number of rotatable bonds is 1. The van der Waals surface area contributed by atoms with Crippen molar-refractivity contribution in [3.8, 4) is 11.5 Å². The Morgan fingerprint density at radius 2 is 2.05 bits per heavy atom. The molecule has 1 amide bonds. The third kappa shape index (κ3) is 2.70. The summed E-state index contributed by atoms with van der Waals surface area (Å²) in [5.41, 5.74) is 2.41. The van der Waals surface area contributed by atoms with E-state index in [-0.39, 0.29) is 11.7 Å². The van der Waals surface area contributed by atoms with E-state index in [1.165, 1.54) is 0 Å². The topological polar surface area (TPSA) is 49.8 Å². The first-order valence-corrected chi connectivity index (χ1v) is 6.95. The molecule has 4 nitrogen and oxygen atoms in total. The Hall–Kier alpha value is -2.49. The van der Waals surface area contributed by atoms with Crippen molar-refractivity contribution in [2.24, 2.45) is 0 Å². The van der Waals surface area contributed by atoms with Crippen molar-refractivity contribution in [3.05, 3.63) is 59.2 Å². The summed E-state index contributed by atoms with van der Waals surface area (Å²) in [6.45, 7) is 3.40. The lowest BCUT2D eigenvalue weighted by atomic mass is 10.1. The molecule has 2 aromatic carbocycles. The second-order valence-corrected chi connectivity index (χ2v) is 5.18. The van der Waals surface area contributed by atoms with Crippen LogP contribution in [0.2, 0.25) is 0 Å². The molecule has 0 saturated carbocycles. The molecule has 0 spiro atoms. The number of phenols is 1. The Morgan fingerprint density at radius 3 is 2.86 bits per heavy atom. The normalized spacial score (nSPS) is 14.0. The third-order valence-electron chi connectivity index (χ3n) is 3.68. The smallest absolute Gasteiger partial charge is 0.254 e. The van der Waals surface area contributed by atoms with Gasteiger partial charge in [0.25, 0.3) is 5.91 Å². The standard InChI is InChI=1S/C17H17NO3/c1-12-10-14(19)6-7-15(12)17(20)18-8-9-21-16-5-3-2-4-13(16)11-18/h2-7,10,19H,8-9,11H2,1H3. The lowest BCUT2D eigenvalue weighted by Crippen LogP contribution is -2.32. The average molecular weight is 283 g/mol. The van der Waals surface area contributed by atoms with Crippen molar-refractivity contribution in [2.75, 3.05) is 13.2 Å². The summed E-state index contributed by atoms with van der Waals surface area (Å²) in [6.07, 6.45) is 0. The first-order valence-electron chi connectivity index (χ1n) is 6.95. The number of hydrogen-bond donors (Lipinski definition) is 1. The summed E-state index contributed by atoms with van der Waals surface area (Å²) >= 11 is 0. The van der Waals surface area contributed by atoms with Crippen LogP contribution in [0.1, 0.15) is 21.5 Å². The molecule has 4 heteroatoms. The Balaban J connectivity index is 1.88. The minimum atomic E-state index is -0.0344. The number of nitrogens with zero attached hydrogens (tertiary/aromatic N) is 1. The summed E-state index contributed by atoms with van der Waals surface area (Å²) in [6, 6.07) is 12.6. The average Bonchev–Trinajstić information content (AvgIpc) is 2.68. The highest BCUT2D eigenvalue weighted by molar-refractivity contribution is 5.95. The quantitative estimate of drug-likeness (QED) is 0.875. The van der Waals surface area contributed by atoms with E-state index < -0.39 is 0 Å². The maximum absolute atomic E-state index is 12.7. The van der Waals surface area contributed by atoms with E-state index in [1.807, 2.05) is 31.2 Å². The SMILES string of the molecule is Cc1cc(O)ccc1C(=O)N1CCOc2ccccc2C1. The van der Waals surface area contributed by atoms with Crippen LogP contribution in [-0.4, -0.2) is 29.1 Å². The number of ether oxygens (including phenoxy) is 1. The van der Waals surface area contributed by atoms with Gasteiger partial charge in [0.1, 0.15) is 18.1 Å². The van der Waals surface area contributed by atoms with Crippen LogP contribution in [0.3, 0.4) is 0 Å². The molecule has 0 radical (unpaired) electrons. The molecule has 0 aromatic heterocycles. The van der Waals surface area contributed by atoms with Crippen LogP contribution < -0.4 is 4.74 Å². The highest BCUT2D eigenvalue weighted by Crippen LogP contribution is 2.24. The lowest BCUT2D eigenvalue weighted by molar-refractivity contribution is 0.0732. The van der Waals surface area contributed by atoms with Gasteiger partial charge in [-0.15, -0.1) is 0 Å². The van der Waals surface area contributed by atoms with Gasteiger partial charge in [0, 0.05) is 17.7 Å². The summed E-state index contributed by atoms with van der Waals surface area (Å²) in [4.78, 5) is 14.5. The molecule has 0 atom stereocenters. The van der Waals surface area contributed by atoms with Gasteiger partial charge in [-0.05, 0) is 36.8 Å². The molecular weight excluding hydrogens is 266 g/mol. The van der Waals surface area contributed by atoms with Gasteiger partial charge in [-0.2, -0.15) is 0 Å². The van der Waals surface area contributed by atoms with Crippen LogP contribution in [-0.2, 0) is 6.54 Å². The van der Waals surface area contributed by atoms with E-state index in [4.69, 9.17) is 4.74 Å². The van der Waals surface area contributed by atoms with E-state index in [2.05, 4.69) is 0 Å². The van der Waals surface area contributed by atoms with Crippen molar-refractivity contribution in [2.45, 2.75) is 13.5 Å². The van der Waals surface area contributed by atoms with Gasteiger partial charge in [-0.3, -0.25) is 4.79 Å². The van der Waals surface area contributed by atoms with Crippen LogP contribution in [0.25, 0.3) is 0 Å². The van der Waals surface area contributed by atoms with Crippen molar-refractivity contribution >= 4 is 5.91 Å². The highest BCUT2D eigenvalue weighted by atomic mass is 16.5. The first-order chi connectivity index (χ1) is 10.1. The van der Waals surface area contributed by atoms with E-state index in [1.54, 1.807) is 23.1 Å². The molecule has 0 bridgehead atoms. The number of aromatic hydroxyl groups is 1. The Bertz CT molecular complexity index is 681. The van der Waals surface area contributed by atoms with Gasteiger partial charge in [0.2, 0.25) is 0 Å². The number of hydrogen-bond acceptors (Lipinski definition) is 3. The van der Waals surface area contributed by atoms with Gasteiger partial charge in [0.05, 0.1) is 6.54 Å². The van der Waals surface area contributed by atoms with Crippen LogP contribution in [0.5, 0.6) is 11.5 Å². The fourth-order valence-electron chi connectivity index (χ4n) is 2.56. The molecule has 0 fully saturated rings. The van der Waals surface area contributed by atoms with Crippen molar-refractivity contribution in [1.82, 2.24) is 4.90 Å². The van der Waals surface area contributed by atoms with Crippen molar-refractivity contribution in [1.29, 1.82) is 0 Å². The number of carbonyl (C=O) groups is 1. The Labute approximate surface area is 123 Å². The number of aryl methyl sites for hydroxylation is 1. The predicted molar refractivity (Wildman–Crippen MR) is 79.5 cm³/mol. The molecule has 0 saturated heterocycles. The number of benzene rings is 2. The molecule has 1 aliphatic heterocycles. The van der Waals surface area contributed by atoms with E-state index in [0.717, 1.165) is 16.9 Å². The third-order valence-corrected chi connectivity index (χ3v) is 3.68. The first kappa shape index (κ1) is 13.5. The fraction of sp³-hybridized carbons (Fsp3) is 0.235. The van der Waals surface area contributed by atoms with Gasteiger partial charge >= 0.3 is 0 Å². The molecule has 108 valence electrons. The van der Waals surface area contributed by atoms with E-state index in [9.17, 15) is 9.90 Å². The molecule has 3 rings (SSSR count). The highest BCUT2D eigenvalue weighted by Gasteiger charge is 2.21. The maximum Gasteiger partial charge on any atom is 0.254 e. The fourth-order valence-corrected chi connectivity index (χ4v) is 2.56. The molecule has 1 aliphatic rings.